The van der Waals surface area contributed by atoms with Crippen LogP contribution in [0.3, 0.4) is 0 Å². The van der Waals surface area contributed by atoms with E-state index in [1.54, 1.807) is 12.1 Å². The van der Waals surface area contributed by atoms with Gasteiger partial charge in [0.2, 0.25) is 0 Å². The third-order valence-electron chi connectivity index (χ3n) is 4.79. The highest BCUT2D eigenvalue weighted by Gasteiger charge is 2.13. The highest BCUT2D eigenvalue weighted by molar-refractivity contribution is 5.93. The van der Waals surface area contributed by atoms with Crippen LogP contribution < -0.4 is 10.1 Å². The lowest BCUT2D eigenvalue weighted by Crippen LogP contribution is -2.07. The van der Waals surface area contributed by atoms with Crippen LogP contribution in [-0.4, -0.2) is 29.7 Å². The van der Waals surface area contributed by atoms with Crippen molar-refractivity contribution in [3.8, 4) is 11.4 Å². The first-order chi connectivity index (χ1) is 14.2. The largest absolute Gasteiger partial charge is 0.496 e. The van der Waals surface area contributed by atoms with Gasteiger partial charge in [0.05, 0.1) is 30.9 Å². The molecule has 6 nitrogen and oxygen atoms in total. The van der Waals surface area contributed by atoms with Crippen molar-refractivity contribution in [3.05, 3.63) is 84.2 Å². The van der Waals surface area contributed by atoms with E-state index in [0.29, 0.717) is 17.9 Å². The lowest BCUT2D eigenvalue weighted by atomic mass is 10.1. The number of carbonyl (C=O) groups excluding carboxylic acids is 1. The first-order valence-electron chi connectivity index (χ1n) is 9.22. The Morgan fingerprint density at radius 1 is 1.03 bits per heavy atom. The normalized spacial score (nSPS) is 10.7. The van der Waals surface area contributed by atoms with Gasteiger partial charge in [0.15, 0.2) is 0 Å². The third kappa shape index (κ3) is 3.65. The van der Waals surface area contributed by atoms with Crippen molar-refractivity contribution < 1.29 is 14.3 Å². The van der Waals surface area contributed by atoms with Crippen LogP contribution in [0.2, 0.25) is 0 Å². The minimum absolute atomic E-state index is 0.394. The molecule has 1 heterocycles. The molecule has 0 unspecified atom stereocenters. The molecule has 0 fully saturated rings. The van der Waals surface area contributed by atoms with Crippen LogP contribution in [0.5, 0.6) is 5.75 Å². The van der Waals surface area contributed by atoms with Crippen LogP contribution in [0, 0.1) is 0 Å². The van der Waals surface area contributed by atoms with E-state index in [-0.39, 0.29) is 0 Å². The Balaban J connectivity index is 1.61. The van der Waals surface area contributed by atoms with Crippen molar-refractivity contribution in [1.82, 2.24) is 9.55 Å². The summed E-state index contributed by atoms with van der Waals surface area (Å²) in [7, 11) is 2.88. The van der Waals surface area contributed by atoms with E-state index in [1.807, 2.05) is 42.7 Å². The Bertz CT molecular complexity index is 1170. The second-order valence-corrected chi connectivity index (χ2v) is 6.49. The predicted molar refractivity (Wildman–Crippen MR) is 113 cm³/mol. The Hall–Kier alpha value is -3.80. The van der Waals surface area contributed by atoms with Gasteiger partial charge in [-0.25, -0.2) is 9.78 Å². The molecular weight excluding hydrogens is 366 g/mol. The van der Waals surface area contributed by atoms with E-state index in [0.717, 1.165) is 28.0 Å². The standard InChI is InChI=1S/C23H21N3O3/c1-28-22-13-17(11-12-18(22)23(27)29-2)24-14-16-7-3-5-9-20(16)26-15-25-19-8-4-6-10-21(19)26/h3-13,15,24H,14H2,1-2H3. The van der Waals surface area contributed by atoms with Gasteiger partial charge >= 0.3 is 5.97 Å². The zero-order valence-corrected chi connectivity index (χ0v) is 16.3. The second-order valence-electron chi connectivity index (χ2n) is 6.49. The second kappa shape index (κ2) is 8.06. The first kappa shape index (κ1) is 18.6. The molecule has 0 aliphatic heterocycles. The van der Waals surface area contributed by atoms with Crippen LogP contribution >= 0.6 is 0 Å². The summed E-state index contributed by atoms with van der Waals surface area (Å²) in [6, 6.07) is 21.6. The number of carbonyl (C=O) groups is 1. The lowest BCUT2D eigenvalue weighted by Gasteiger charge is -2.14. The fourth-order valence-corrected chi connectivity index (χ4v) is 3.32. The highest BCUT2D eigenvalue weighted by atomic mass is 16.5. The molecule has 0 radical (unpaired) electrons. The van der Waals surface area contributed by atoms with Gasteiger partial charge in [0, 0.05) is 18.3 Å². The van der Waals surface area contributed by atoms with Crippen molar-refractivity contribution in [1.29, 1.82) is 0 Å². The summed E-state index contributed by atoms with van der Waals surface area (Å²) in [6.07, 6.45) is 1.84. The number of nitrogens with zero attached hydrogens (tertiary/aromatic N) is 2. The van der Waals surface area contributed by atoms with Crippen LogP contribution in [0.1, 0.15) is 15.9 Å². The SMILES string of the molecule is COC(=O)c1ccc(NCc2ccccc2-n2cnc3ccccc32)cc1OC. The van der Waals surface area contributed by atoms with Crippen molar-refractivity contribution >= 4 is 22.7 Å². The summed E-state index contributed by atoms with van der Waals surface area (Å²) in [5.41, 5.74) is 5.44. The summed E-state index contributed by atoms with van der Waals surface area (Å²) >= 11 is 0. The Labute approximate surface area is 168 Å². The number of hydrogen-bond donors (Lipinski definition) is 1. The Morgan fingerprint density at radius 3 is 2.66 bits per heavy atom. The summed E-state index contributed by atoms with van der Waals surface area (Å²) in [5.74, 6) is 0.0430. The highest BCUT2D eigenvalue weighted by Crippen LogP contribution is 2.26. The molecule has 0 aliphatic rings. The Kier molecular flexibility index (Phi) is 5.16. The zero-order valence-electron chi connectivity index (χ0n) is 16.3. The van der Waals surface area contributed by atoms with Gasteiger partial charge in [-0.15, -0.1) is 0 Å². The molecule has 0 spiro atoms. The summed E-state index contributed by atoms with van der Waals surface area (Å²) in [6.45, 7) is 0.601. The minimum Gasteiger partial charge on any atom is -0.496 e. The number of fused-ring (bicyclic) bond motifs is 1. The van der Waals surface area contributed by atoms with Gasteiger partial charge in [-0.3, -0.25) is 4.57 Å². The lowest BCUT2D eigenvalue weighted by molar-refractivity contribution is 0.0597. The molecule has 3 aromatic carbocycles. The fourth-order valence-electron chi connectivity index (χ4n) is 3.32. The predicted octanol–water partition coefficient (Wildman–Crippen LogP) is 4.43. The number of para-hydroxylation sites is 3. The van der Waals surface area contributed by atoms with E-state index in [9.17, 15) is 4.79 Å². The van der Waals surface area contributed by atoms with Gasteiger partial charge in [0.25, 0.3) is 0 Å². The molecule has 146 valence electrons. The van der Waals surface area contributed by atoms with E-state index in [4.69, 9.17) is 9.47 Å². The zero-order chi connectivity index (χ0) is 20.2. The van der Waals surface area contributed by atoms with E-state index < -0.39 is 5.97 Å². The molecule has 29 heavy (non-hydrogen) atoms. The fraction of sp³-hybridized carbons (Fsp3) is 0.130. The molecule has 0 saturated carbocycles. The molecule has 0 aliphatic carbocycles. The number of rotatable bonds is 6. The van der Waals surface area contributed by atoms with Gasteiger partial charge in [-0.05, 0) is 35.9 Å². The number of nitrogens with one attached hydrogen (secondary N) is 1. The number of ether oxygens (including phenoxy) is 2. The average molecular weight is 387 g/mol. The van der Waals surface area contributed by atoms with Crippen LogP contribution in [-0.2, 0) is 11.3 Å². The van der Waals surface area contributed by atoms with Crippen LogP contribution in [0.25, 0.3) is 16.7 Å². The molecule has 4 aromatic rings. The van der Waals surface area contributed by atoms with Crippen LogP contribution in [0.15, 0.2) is 73.1 Å². The smallest absolute Gasteiger partial charge is 0.341 e. The maximum atomic E-state index is 11.8. The summed E-state index contributed by atoms with van der Waals surface area (Å²) in [5, 5.41) is 3.40. The van der Waals surface area contributed by atoms with Gasteiger partial charge in [-0.1, -0.05) is 30.3 Å². The summed E-state index contributed by atoms with van der Waals surface area (Å²) in [4.78, 5) is 16.3. The van der Waals surface area contributed by atoms with Crippen molar-refractivity contribution in [2.45, 2.75) is 6.54 Å². The maximum absolute atomic E-state index is 11.8. The molecule has 0 atom stereocenters. The molecule has 4 rings (SSSR count). The van der Waals surface area contributed by atoms with Crippen molar-refractivity contribution in [2.24, 2.45) is 0 Å². The summed E-state index contributed by atoms with van der Waals surface area (Å²) < 4.78 is 12.2. The number of benzene rings is 3. The molecule has 1 aromatic heterocycles. The molecule has 0 amide bonds. The average Bonchev–Trinajstić information content (AvgIpc) is 3.21. The number of imidazole rings is 1. The number of esters is 1. The van der Waals surface area contributed by atoms with E-state index in [1.165, 1.54) is 14.2 Å². The quantitative estimate of drug-likeness (QED) is 0.496. The van der Waals surface area contributed by atoms with Crippen molar-refractivity contribution in [2.75, 3.05) is 19.5 Å². The number of hydrogen-bond acceptors (Lipinski definition) is 5. The van der Waals surface area contributed by atoms with Gasteiger partial charge in [-0.2, -0.15) is 0 Å². The third-order valence-corrected chi connectivity index (χ3v) is 4.79. The molecule has 0 bridgehead atoms. The first-order valence-corrected chi connectivity index (χ1v) is 9.22. The van der Waals surface area contributed by atoms with Crippen molar-refractivity contribution in [3.63, 3.8) is 0 Å². The molecule has 6 heteroatoms. The topological polar surface area (TPSA) is 65.4 Å². The molecule has 0 saturated heterocycles. The van der Waals surface area contributed by atoms with E-state index >= 15 is 0 Å². The van der Waals surface area contributed by atoms with E-state index in [2.05, 4.69) is 33.1 Å². The van der Waals surface area contributed by atoms with Gasteiger partial charge < -0.3 is 14.8 Å². The minimum atomic E-state index is -0.425. The number of anilines is 1. The monoisotopic (exact) mass is 387 g/mol. The maximum Gasteiger partial charge on any atom is 0.341 e. The number of aromatic nitrogens is 2. The molecular formula is C23H21N3O3. The van der Waals surface area contributed by atoms with Crippen LogP contribution in [0.4, 0.5) is 5.69 Å². The van der Waals surface area contributed by atoms with Gasteiger partial charge in [0.1, 0.15) is 17.6 Å². The molecule has 1 N–H and O–H groups in total. The number of methoxy groups -OCH3 is 2. The Morgan fingerprint density at radius 2 is 1.83 bits per heavy atom.